The van der Waals surface area contributed by atoms with Crippen LogP contribution in [0.2, 0.25) is 0 Å². The minimum absolute atomic E-state index is 0.0255. The van der Waals surface area contributed by atoms with Crippen LogP contribution in [-0.4, -0.2) is 29.8 Å². The lowest BCUT2D eigenvalue weighted by atomic mass is 9.58. The lowest BCUT2D eigenvalue weighted by Crippen LogP contribution is -2.47. The molecule has 2 fully saturated rings. The molecule has 0 aromatic heterocycles. The monoisotopic (exact) mass is 334 g/mol. The molecule has 0 N–H and O–H groups in total. The van der Waals surface area contributed by atoms with Crippen LogP contribution < -0.4 is 0 Å². The van der Waals surface area contributed by atoms with Crippen molar-refractivity contribution in [2.24, 2.45) is 11.8 Å². The van der Waals surface area contributed by atoms with Crippen molar-refractivity contribution in [1.82, 2.24) is 4.90 Å². The van der Waals surface area contributed by atoms with Gasteiger partial charge in [-0.15, -0.1) is 0 Å². The van der Waals surface area contributed by atoms with Crippen LogP contribution in [0.3, 0.4) is 0 Å². The quantitative estimate of drug-likeness (QED) is 0.782. The number of likely N-dealkylation sites (tertiary alicyclic amines) is 1. The SMILES string of the molecule is CC(C)/C=C/CN1CC23CCCCC2C1C(=O)c1ccc(C#N)cc13. The molecule has 0 spiro atoms. The van der Waals surface area contributed by atoms with E-state index in [0.717, 1.165) is 37.1 Å². The number of hydrogen-bond donors (Lipinski definition) is 0. The van der Waals surface area contributed by atoms with Crippen LogP contribution in [-0.2, 0) is 5.41 Å². The second-order valence-corrected chi connectivity index (χ2v) is 8.29. The highest BCUT2D eigenvalue weighted by molar-refractivity contribution is 6.04. The van der Waals surface area contributed by atoms with E-state index in [1.165, 1.54) is 12.8 Å². The van der Waals surface area contributed by atoms with Crippen LogP contribution in [0.1, 0.15) is 61.0 Å². The number of fused-ring (bicyclic) bond motifs is 1. The molecule has 2 bridgehead atoms. The Morgan fingerprint density at radius 1 is 1.40 bits per heavy atom. The van der Waals surface area contributed by atoms with Crippen molar-refractivity contribution in [2.45, 2.75) is 51.0 Å². The normalized spacial score (nSPS) is 31.2. The van der Waals surface area contributed by atoms with Gasteiger partial charge in [0.25, 0.3) is 0 Å². The Hall–Kier alpha value is -1.92. The molecule has 3 unspecified atom stereocenters. The van der Waals surface area contributed by atoms with Gasteiger partial charge in [-0.3, -0.25) is 9.69 Å². The number of ketones is 1. The second-order valence-electron chi connectivity index (χ2n) is 8.29. The summed E-state index contributed by atoms with van der Waals surface area (Å²) in [4.78, 5) is 15.7. The van der Waals surface area contributed by atoms with Gasteiger partial charge in [0.2, 0.25) is 0 Å². The molecule has 1 saturated carbocycles. The van der Waals surface area contributed by atoms with Crippen LogP contribution in [0.15, 0.2) is 30.4 Å². The first-order chi connectivity index (χ1) is 12.1. The summed E-state index contributed by atoms with van der Waals surface area (Å²) in [6.07, 6.45) is 9.19. The Kier molecular flexibility index (Phi) is 4.04. The summed E-state index contributed by atoms with van der Waals surface area (Å²) in [5, 5.41) is 9.33. The molecule has 3 atom stereocenters. The van der Waals surface area contributed by atoms with Gasteiger partial charge in [-0.05, 0) is 48.4 Å². The average Bonchev–Trinajstić information content (AvgIpc) is 2.90. The van der Waals surface area contributed by atoms with Crippen LogP contribution in [0, 0.1) is 23.2 Å². The van der Waals surface area contributed by atoms with Gasteiger partial charge >= 0.3 is 0 Å². The maximum Gasteiger partial charge on any atom is 0.180 e. The fourth-order valence-corrected chi connectivity index (χ4v) is 5.45. The number of hydrogen-bond acceptors (Lipinski definition) is 3. The first-order valence-corrected chi connectivity index (χ1v) is 9.56. The highest BCUT2D eigenvalue weighted by atomic mass is 16.1. The van der Waals surface area contributed by atoms with Gasteiger partial charge < -0.3 is 0 Å². The van der Waals surface area contributed by atoms with Crippen molar-refractivity contribution in [3.05, 3.63) is 47.0 Å². The number of carbonyl (C=O) groups excluding carboxylic acids is 1. The van der Waals surface area contributed by atoms with Gasteiger partial charge in [-0.1, -0.05) is 38.8 Å². The van der Waals surface area contributed by atoms with Crippen LogP contribution in [0.25, 0.3) is 0 Å². The Morgan fingerprint density at radius 3 is 3.00 bits per heavy atom. The Balaban J connectivity index is 1.78. The fourth-order valence-electron chi connectivity index (χ4n) is 5.45. The third-order valence-electron chi connectivity index (χ3n) is 6.44. The number of benzene rings is 1. The highest BCUT2D eigenvalue weighted by Crippen LogP contribution is 2.56. The Labute approximate surface area is 150 Å². The Bertz CT molecular complexity index is 773. The molecule has 0 amide bonds. The molecular formula is C22H26N2O. The summed E-state index contributed by atoms with van der Waals surface area (Å²) < 4.78 is 0. The lowest BCUT2D eigenvalue weighted by Gasteiger charge is -2.44. The van der Waals surface area contributed by atoms with E-state index in [-0.39, 0.29) is 17.2 Å². The molecule has 1 saturated heterocycles. The topological polar surface area (TPSA) is 44.1 Å². The van der Waals surface area contributed by atoms with Gasteiger partial charge in [-0.2, -0.15) is 5.26 Å². The molecule has 1 aromatic rings. The van der Waals surface area contributed by atoms with Crippen molar-refractivity contribution in [1.29, 1.82) is 5.26 Å². The van der Waals surface area contributed by atoms with E-state index in [4.69, 9.17) is 0 Å². The highest BCUT2D eigenvalue weighted by Gasteiger charge is 2.60. The third-order valence-corrected chi connectivity index (χ3v) is 6.44. The van der Waals surface area contributed by atoms with Crippen molar-refractivity contribution < 1.29 is 4.79 Å². The number of rotatable bonds is 3. The first-order valence-electron chi connectivity index (χ1n) is 9.56. The zero-order valence-corrected chi connectivity index (χ0v) is 15.2. The van der Waals surface area contributed by atoms with E-state index in [0.29, 0.717) is 17.4 Å². The standard InChI is InChI=1S/C22H26N2O/c1-15(2)6-5-11-24-14-22-10-4-3-7-18(22)20(24)21(25)17-9-8-16(13-23)12-19(17)22/h5-6,8-9,12,15,18,20H,3-4,7,10-11,14H2,1-2H3/b6-5+. The minimum Gasteiger partial charge on any atom is -0.292 e. The molecular weight excluding hydrogens is 308 g/mol. The predicted molar refractivity (Wildman–Crippen MR) is 98.5 cm³/mol. The number of nitriles is 1. The van der Waals surface area contributed by atoms with Crippen molar-refractivity contribution in [2.75, 3.05) is 13.1 Å². The summed E-state index contributed by atoms with van der Waals surface area (Å²) in [5.74, 6) is 1.23. The molecule has 1 heterocycles. The van der Waals surface area contributed by atoms with E-state index >= 15 is 0 Å². The predicted octanol–water partition coefficient (Wildman–Crippen LogP) is 4.08. The molecule has 0 radical (unpaired) electrons. The molecule has 130 valence electrons. The van der Waals surface area contributed by atoms with Crippen LogP contribution in [0.4, 0.5) is 0 Å². The molecule has 3 nitrogen and oxygen atoms in total. The lowest BCUT2D eigenvalue weighted by molar-refractivity contribution is 0.0795. The van der Waals surface area contributed by atoms with Crippen molar-refractivity contribution in [3.8, 4) is 6.07 Å². The van der Waals surface area contributed by atoms with Crippen LogP contribution in [0.5, 0.6) is 0 Å². The van der Waals surface area contributed by atoms with Gasteiger partial charge in [0.1, 0.15) is 0 Å². The summed E-state index contributed by atoms with van der Waals surface area (Å²) in [5.41, 5.74) is 2.79. The van der Waals surface area contributed by atoms with Gasteiger partial charge in [0, 0.05) is 24.1 Å². The third kappa shape index (κ3) is 2.47. The molecule has 3 aliphatic rings. The molecule has 4 rings (SSSR count). The molecule has 1 aromatic carbocycles. The number of allylic oxidation sites excluding steroid dienone is 1. The van der Waals surface area contributed by atoms with Crippen molar-refractivity contribution >= 4 is 5.78 Å². The number of Topliss-reactive ketones (excluding diaryl/α,β-unsaturated/α-hetero) is 1. The van der Waals surface area contributed by atoms with Gasteiger partial charge in [0.05, 0.1) is 17.7 Å². The molecule has 25 heavy (non-hydrogen) atoms. The Morgan fingerprint density at radius 2 is 2.24 bits per heavy atom. The summed E-state index contributed by atoms with van der Waals surface area (Å²) in [6.45, 7) is 6.17. The van der Waals surface area contributed by atoms with Crippen molar-refractivity contribution in [3.63, 3.8) is 0 Å². The molecule has 3 heteroatoms. The fraction of sp³-hybridized carbons (Fsp3) is 0.545. The van der Waals surface area contributed by atoms with E-state index in [2.05, 4.69) is 37.0 Å². The van der Waals surface area contributed by atoms with E-state index in [9.17, 15) is 10.1 Å². The van der Waals surface area contributed by atoms with Crippen LogP contribution >= 0.6 is 0 Å². The number of carbonyl (C=O) groups is 1. The average molecular weight is 334 g/mol. The zero-order valence-electron chi connectivity index (χ0n) is 15.2. The first kappa shape index (κ1) is 16.5. The van der Waals surface area contributed by atoms with E-state index < -0.39 is 0 Å². The van der Waals surface area contributed by atoms with Gasteiger partial charge in [-0.25, -0.2) is 0 Å². The maximum atomic E-state index is 13.3. The smallest absolute Gasteiger partial charge is 0.180 e. The molecule has 1 aliphatic heterocycles. The second kappa shape index (κ2) is 6.11. The summed E-state index contributed by atoms with van der Waals surface area (Å²) in [6, 6.07) is 8.01. The minimum atomic E-state index is 0.0255. The van der Waals surface area contributed by atoms with Gasteiger partial charge in [0.15, 0.2) is 5.78 Å². The maximum absolute atomic E-state index is 13.3. The summed E-state index contributed by atoms with van der Waals surface area (Å²) >= 11 is 0. The van der Waals surface area contributed by atoms with E-state index in [1.54, 1.807) is 6.07 Å². The molecule has 2 aliphatic carbocycles. The summed E-state index contributed by atoms with van der Waals surface area (Å²) in [7, 11) is 0. The largest absolute Gasteiger partial charge is 0.292 e. The van der Waals surface area contributed by atoms with E-state index in [1.807, 2.05) is 12.1 Å². The number of nitrogens with zero attached hydrogens (tertiary/aromatic N) is 2. The zero-order chi connectivity index (χ0) is 17.6.